The minimum atomic E-state index is -1.43. The maximum absolute atomic E-state index is 7.46. The molecule has 0 unspecified atom stereocenters. The fourth-order valence-electron chi connectivity index (χ4n) is 13.7. The lowest BCUT2D eigenvalue weighted by atomic mass is 9.85. The molecule has 16 aromatic rings. The van der Waals surface area contributed by atoms with E-state index in [1.165, 1.54) is 150 Å². The van der Waals surface area contributed by atoms with Crippen LogP contribution in [0.5, 0.6) is 0 Å². The van der Waals surface area contributed by atoms with Crippen LogP contribution in [0.15, 0.2) is 257 Å². The molecular weight excluding hydrogens is 969 g/mol. The molecule has 77 heavy (non-hydrogen) atoms. The summed E-state index contributed by atoms with van der Waals surface area (Å²) in [7, 11) is -1.43. The van der Waals surface area contributed by atoms with Crippen LogP contribution in [0.2, 0.25) is 0 Å². The molecule has 0 saturated carbocycles. The highest BCUT2D eigenvalue weighted by atomic mass is 32.3. The zero-order valence-corrected chi connectivity index (χ0v) is 44.0. The maximum Gasteiger partial charge on any atom is 0.153 e. The van der Waals surface area contributed by atoms with Gasteiger partial charge in [-0.15, -0.1) is 11.3 Å². The lowest BCUT2D eigenvalue weighted by molar-refractivity contribution is 0.673. The lowest BCUT2D eigenvalue weighted by Gasteiger charge is -2.29. The third-order valence-electron chi connectivity index (χ3n) is 17.0. The molecule has 0 bridgehead atoms. The van der Waals surface area contributed by atoms with E-state index < -0.39 is 10.0 Å². The standard InChI is InChI=1S/C74H46OS2/c1-77(2)64-30-16-15-29-61(64)70-69-59-37-35-49(67-55-25-11-7-21-51(55)65(52-22-8-12-26-56(52)67)47-33-31-43-17-3-5-19-45(43)39-47)41-62(59)75-72(69)73-71(74(70)77)60-38-36-50(42-63(60)76-73)68-57-27-13-9-23-53(57)66(54-24-10-14-28-58(54)68)48-34-32-44-18-4-6-20-46(44)40-48/h3-42H,1-2H3. The third kappa shape index (κ3) is 6.07. The first-order valence-corrected chi connectivity index (χ1v) is 29.8. The molecule has 0 radical (unpaired) electrons. The third-order valence-corrected chi connectivity index (χ3v) is 21.1. The van der Waals surface area contributed by atoms with Gasteiger partial charge >= 0.3 is 0 Å². The van der Waals surface area contributed by atoms with Crippen LogP contribution in [-0.2, 0) is 0 Å². The summed E-state index contributed by atoms with van der Waals surface area (Å²) in [5.74, 6) is 0. The Morgan fingerprint density at radius 1 is 0.325 bits per heavy atom. The highest BCUT2D eigenvalue weighted by Gasteiger charge is 2.38. The maximum atomic E-state index is 7.46. The summed E-state index contributed by atoms with van der Waals surface area (Å²) in [6.07, 6.45) is 5.02. The van der Waals surface area contributed by atoms with Crippen molar-refractivity contribution in [2.24, 2.45) is 0 Å². The van der Waals surface area contributed by atoms with Crippen molar-refractivity contribution in [3.8, 4) is 55.6 Å². The van der Waals surface area contributed by atoms with E-state index in [1.807, 2.05) is 11.3 Å². The highest BCUT2D eigenvalue weighted by molar-refractivity contribution is 8.33. The second-order valence-electron chi connectivity index (χ2n) is 21.4. The van der Waals surface area contributed by atoms with Gasteiger partial charge in [0.1, 0.15) is 5.58 Å². The van der Waals surface area contributed by atoms with Crippen LogP contribution < -0.4 is 0 Å². The second kappa shape index (κ2) is 16.0. The van der Waals surface area contributed by atoms with E-state index >= 15 is 0 Å². The van der Waals surface area contributed by atoms with Crippen LogP contribution in [0.3, 0.4) is 0 Å². The van der Waals surface area contributed by atoms with Crippen molar-refractivity contribution in [2.45, 2.75) is 9.79 Å². The summed E-state index contributed by atoms with van der Waals surface area (Å²) in [6, 6.07) is 90.7. The van der Waals surface area contributed by atoms with E-state index in [2.05, 4.69) is 255 Å². The van der Waals surface area contributed by atoms with Crippen molar-refractivity contribution >= 4 is 128 Å². The molecular formula is C74H46OS2. The molecule has 1 aliphatic heterocycles. The number of hydrogen-bond acceptors (Lipinski definition) is 2. The monoisotopic (exact) mass is 1010 g/mol. The SMILES string of the molecule is CS1(C)c2ccccc2-c2c1c1c3ccc(-c4c5ccccc5c(-c5ccc6ccccc6c5)c5ccccc45)cc3sc1c1oc3cc(-c4c5ccccc5c(-c5ccc6ccccc6c5)c5ccccc45)ccc3c21. The molecule has 360 valence electrons. The summed E-state index contributed by atoms with van der Waals surface area (Å²) in [4.78, 5) is 2.92. The Hall–Kier alpha value is -8.99. The molecule has 14 aromatic carbocycles. The Bertz CT molecular complexity index is 5150. The fraction of sp³-hybridized carbons (Fsp3) is 0.0270. The van der Waals surface area contributed by atoms with Gasteiger partial charge in [-0.1, -0.05) is 206 Å². The Morgan fingerprint density at radius 2 is 0.727 bits per heavy atom. The van der Waals surface area contributed by atoms with Gasteiger partial charge in [-0.2, -0.15) is 10.0 Å². The van der Waals surface area contributed by atoms with Crippen molar-refractivity contribution in [3.05, 3.63) is 243 Å². The van der Waals surface area contributed by atoms with Crippen molar-refractivity contribution < 1.29 is 4.42 Å². The number of hydrogen-bond donors (Lipinski definition) is 0. The summed E-state index contributed by atoms with van der Waals surface area (Å²) >= 11 is 1.90. The van der Waals surface area contributed by atoms with Gasteiger partial charge in [0.25, 0.3) is 0 Å². The molecule has 1 aliphatic rings. The van der Waals surface area contributed by atoms with Gasteiger partial charge in [-0.25, -0.2) is 0 Å². The van der Waals surface area contributed by atoms with Gasteiger partial charge in [0.2, 0.25) is 0 Å². The Morgan fingerprint density at radius 3 is 1.23 bits per heavy atom. The largest absolute Gasteiger partial charge is 0.454 e. The average Bonchev–Trinajstić information content (AvgIpc) is 4.03. The predicted molar refractivity (Wildman–Crippen MR) is 335 cm³/mol. The first-order valence-electron chi connectivity index (χ1n) is 26.5. The molecule has 0 saturated heterocycles. The van der Waals surface area contributed by atoms with Gasteiger partial charge in [-0.3, -0.25) is 0 Å². The fourth-order valence-corrected chi connectivity index (χ4v) is 17.8. The highest BCUT2D eigenvalue weighted by Crippen LogP contribution is 2.72. The number of fused-ring (bicyclic) bond motifs is 18. The lowest BCUT2D eigenvalue weighted by Crippen LogP contribution is -1.93. The molecule has 2 aromatic heterocycles. The smallest absolute Gasteiger partial charge is 0.153 e. The van der Waals surface area contributed by atoms with Gasteiger partial charge in [0.15, 0.2) is 5.58 Å². The summed E-state index contributed by atoms with van der Waals surface area (Å²) < 4.78 is 9.96. The van der Waals surface area contributed by atoms with Crippen molar-refractivity contribution in [2.75, 3.05) is 12.5 Å². The Balaban J connectivity index is 0.905. The predicted octanol–water partition coefficient (Wildman–Crippen LogP) is 22.0. The molecule has 3 heterocycles. The minimum absolute atomic E-state index is 0.916. The van der Waals surface area contributed by atoms with Crippen LogP contribution in [0.1, 0.15) is 0 Å². The van der Waals surface area contributed by atoms with Crippen LogP contribution in [0.4, 0.5) is 0 Å². The van der Waals surface area contributed by atoms with Crippen LogP contribution in [-0.4, -0.2) is 12.5 Å². The molecule has 17 rings (SSSR count). The Labute approximate surface area is 450 Å². The zero-order valence-electron chi connectivity index (χ0n) is 42.3. The number of benzene rings is 14. The van der Waals surface area contributed by atoms with Gasteiger partial charge in [-0.05, 0) is 164 Å². The van der Waals surface area contributed by atoms with E-state index in [1.54, 1.807) is 0 Å². The molecule has 0 N–H and O–H groups in total. The van der Waals surface area contributed by atoms with Crippen LogP contribution in [0.25, 0.3) is 162 Å². The normalized spacial score (nSPS) is 13.6. The molecule has 0 aliphatic carbocycles. The topological polar surface area (TPSA) is 13.1 Å². The molecule has 0 amide bonds. The molecule has 0 fully saturated rings. The molecule has 0 spiro atoms. The number of rotatable bonds is 4. The summed E-state index contributed by atoms with van der Waals surface area (Å²) in [6.45, 7) is 0. The van der Waals surface area contributed by atoms with Gasteiger partial charge < -0.3 is 4.42 Å². The second-order valence-corrected chi connectivity index (χ2v) is 25.9. The van der Waals surface area contributed by atoms with Crippen molar-refractivity contribution in [1.29, 1.82) is 0 Å². The molecule has 1 nitrogen and oxygen atoms in total. The number of thiophene rings is 1. The molecule has 0 atom stereocenters. The molecule has 3 heteroatoms. The van der Waals surface area contributed by atoms with Gasteiger partial charge in [0, 0.05) is 41.6 Å². The van der Waals surface area contributed by atoms with Crippen LogP contribution >= 0.6 is 21.4 Å². The van der Waals surface area contributed by atoms with E-state index in [-0.39, 0.29) is 0 Å². The van der Waals surface area contributed by atoms with Crippen molar-refractivity contribution in [1.82, 2.24) is 0 Å². The average molecular weight is 1020 g/mol. The zero-order chi connectivity index (χ0) is 50.7. The Kier molecular flexibility index (Phi) is 9.00. The van der Waals surface area contributed by atoms with Crippen LogP contribution in [0, 0.1) is 0 Å². The number of furan rings is 1. The summed E-state index contributed by atoms with van der Waals surface area (Å²) in [5, 5.41) is 20.0. The van der Waals surface area contributed by atoms with E-state index in [0.29, 0.717) is 0 Å². The van der Waals surface area contributed by atoms with E-state index in [4.69, 9.17) is 4.42 Å². The first kappa shape index (κ1) is 43.3. The summed E-state index contributed by atoms with van der Waals surface area (Å²) in [5.41, 5.74) is 14.5. The van der Waals surface area contributed by atoms with E-state index in [9.17, 15) is 0 Å². The van der Waals surface area contributed by atoms with E-state index in [0.717, 1.165) is 22.1 Å². The van der Waals surface area contributed by atoms with Crippen molar-refractivity contribution in [3.63, 3.8) is 0 Å². The van der Waals surface area contributed by atoms with Gasteiger partial charge in [0.05, 0.1) is 4.70 Å². The first-order chi connectivity index (χ1) is 38.0. The quantitative estimate of drug-likeness (QED) is 0.160. The minimum Gasteiger partial charge on any atom is -0.454 e.